The predicted octanol–water partition coefficient (Wildman–Crippen LogP) is 0.871. The highest BCUT2D eigenvalue weighted by molar-refractivity contribution is 6.05. The fraction of sp³-hybridized carbons (Fsp3) is 0.647. The largest absolute Gasteiger partial charge is 0.354 e. The lowest BCUT2D eigenvalue weighted by Crippen LogP contribution is -2.46. The van der Waals surface area contributed by atoms with Crippen LogP contribution in [0.5, 0.6) is 0 Å². The first-order chi connectivity index (χ1) is 12.1. The van der Waals surface area contributed by atoms with Crippen molar-refractivity contribution >= 4 is 17.7 Å². The van der Waals surface area contributed by atoms with Gasteiger partial charge in [-0.25, -0.2) is 4.98 Å². The minimum atomic E-state index is -0.576. The Bertz CT molecular complexity index is 636. The van der Waals surface area contributed by atoms with E-state index in [9.17, 15) is 14.4 Å². The van der Waals surface area contributed by atoms with Crippen molar-refractivity contribution in [1.29, 1.82) is 0 Å². The van der Waals surface area contributed by atoms with Gasteiger partial charge >= 0.3 is 0 Å². The molecule has 1 saturated heterocycles. The van der Waals surface area contributed by atoms with Crippen LogP contribution in [-0.2, 0) is 4.79 Å². The number of nitrogens with one attached hydrogen (secondary N) is 4. The fourth-order valence-corrected chi connectivity index (χ4v) is 3.45. The molecule has 1 saturated carbocycles. The molecule has 3 amide bonds. The quantitative estimate of drug-likeness (QED) is 0.647. The minimum absolute atomic E-state index is 0.0807. The average Bonchev–Trinajstić information content (AvgIpc) is 3.02. The summed E-state index contributed by atoms with van der Waals surface area (Å²) < 4.78 is 0. The summed E-state index contributed by atoms with van der Waals surface area (Å²) in [7, 11) is 0. The van der Waals surface area contributed by atoms with E-state index in [1.165, 1.54) is 12.7 Å². The average molecular weight is 347 g/mol. The Morgan fingerprint density at radius 3 is 2.56 bits per heavy atom. The Labute approximate surface area is 146 Å². The number of nitrogens with zero attached hydrogens (tertiary/aromatic N) is 1. The molecule has 2 fully saturated rings. The third-order valence-corrected chi connectivity index (χ3v) is 4.86. The topological polar surface area (TPSA) is 116 Å². The van der Waals surface area contributed by atoms with Crippen LogP contribution in [-0.4, -0.2) is 46.3 Å². The summed E-state index contributed by atoms with van der Waals surface area (Å²) in [4.78, 5) is 43.7. The Morgan fingerprint density at radius 2 is 1.76 bits per heavy atom. The third kappa shape index (κ3) is 4.37. The zero-order valence-electron chi connectivity index (χ0n) is 14.3. The zero-order chi connectivity index (χ0) is 17.6. The third-order valence-electron chi connectivity index (χ3n) is 4.86. The summed E-state index contributed by atoms with van der Waals surface area (Å²) in [6.07, 6.45) is 9.02. The Hall–Kier alpha value is -2.38. The first kappa shape index (κ1) is 17.4. The molecule has 1 aromatic rings. The van der Waals surface area contributed by atoms with Gasteiger partial charge in [0.05, 0.1) is 6.33 Å². The van der Waals surface area contributed by atoms with Gasteiger partial charge in [-0.15, -0.1) is 0 Å². The summed E-state index contributed by atoms with van der Waals surface area (Å²) in [6.45, 7) is 0.629. The molecule has 2 heterocycles. The van der Waals surface area contributed by atoms with E-state index < -0.39 is 11.9 Å². The smallest absolute Gasteiger partial charge is 0.272 e. The van der Waals surface area contributed by atoms with Crippen molar-refractivity contribution in [3.8, 4) is 0 Å². The van der Waals surface area contributed by atoms with E-state index in [-0.39, 0.29) is 29.2 Å². The summed E-state index contributed by atoms with van der Waals surface area (Å²) in [5.74, 6) is -1.00. The van der Waals surface area contributed by atoms with Gasteiger partial charge in [-0.3, -0.25) is 14.4 Å². The lowest BCUT2D eigenvalue weighted by atomic mass is 9.95. The van der Waals surface area contributed by atoms with E-state index >= 15 is 0 Å². The van der Waals surface area contributed by atoms with Crippen LogP contribution in [0.1, 0.15) is 72.3 Å². The van der Waals surface area contributed by atoms with Gasteiger partial charge in [0.15, 0.2) is 5.69 Å². The molecule has 4 N–H and O–H groups in total. The Balaban J connectivity index is 1.64. The lowest BCUT2D eigenvalue weighted by Gasteiger charge is -2.22. The number of hydrogen-bond donors (Lipinski definition) is 4. The van der Waals surface area contributed by atoms with Crippen molar-refractivity contribution in [2.24, 2.45) is 0 Å². The predicted molar refractivity (Wildman–Crippen MR) is 91.0 cm³/mol. The number of aromatic nitrogens is 2. The maximum atomic E-state index is 12.5. The van der Waals surface area contributed by atoms with Gasteiger partial charge in [0.2, 0.25) is 5.91 Å². The molecule has 8 heteroatoms. The van der Waals surface area contributed by atoms with Gasteiger partial charge < -0.3 is 20.9 Å². The van der Waals surface area contributed by atoms with Crippen LogP contribution >= 0.6 is 0 Å². The van der Waals surface area contributed by atoms with Crippen molar-refractivity contribution < 1.29 is 14.4 Å². The molecule has 1 aliphatic heterocycles. The van der Waals surface area contributed by atoms with Crippen LogP contribution in [0.25, 0.3) is 0 Å². The summed E-state index contributed by atoms with van der Waals surface area (Å²) in [6, 6.07) is -0.436. The van der Waals surface area contributed by atoms with Crippen molar-refractivity contribution in [3.05, 3.63) is 17.7 Å². The number of aromatic amines is 1. The number of carbonyl (C=O) groups is 3. The van der Waals surface area contributed by atoms with Gasteiger partial charge in [0.25, 0.3) is 11.8 Å². The molecule has 2 aliphatic rings. The number of carbonyl (C=O) groups excluding carboxylic acids is 3. The Kier molecular flexibility index (Phi) is 5.67. The molecule has 1 atom stereocenters. The number of hydrogen-bond acceptors (Lipinski definition) is 4. The monoisotopic (exact) mass is 347 g/mol. The van der Waals surface area contributed by atoms with Crippen molar-refractivity contribution in [2.45, 2.75) is 63.5 Å². The number of rotatable bonds is 4. The molecule has 0 bridgehead atoms. The van der Waals surface area contributed by atoms with E-state index in [0.717, 1.165) is 38.5 Å². The number of amides is 3. The highest BCUT2D eigenvalue weighted by Crippen LogP contribution is 2.18. The van der Waals surface area contributed by atoms with E-state index in [0.29, 0.717) is 13.0 Å². The molecule has 8 nitrogen and oxygen atoms in total. The second-order valence-corrected chi connectivity index (χ2v) is 6.75. The van der Waals surface area contributed by atoms with E-state index in [4.69, 9.17) is 0 Å². The normalized spacial score (nSPS) is 21.9. The van der Waals surface area contributed by atoms with E-state index in [2.05, 4.69) is 25.9 Å². The molecule has 0 unspecified atom stereocenters. The lowest BCUT2D eigenvalue weighted by molar-refractivity contribution is -0.122. The number of imidazole rings is 1. The molecule has 3 rings (SSSR count). The Morgan fingerprint density at radius 1 is 1.00 bits per heavy atom. The van der Waals surface area contributed by atoms with Gasteiger partial charge in [-0.2, -0.15) is 0 Å². The van der Waals surface area contributed by atoms with Gasteiger partial charge in [0.1, 0.15) is 11.7 Å². The zero-order valence-corrected chi connectivity index (χ0v) is 14.3. The van der Waals surface area contributed by atoms with Crippen LogP contribution in [0.15, 0.2) is 6.33 Å². The van der Waals surface area contributed by atoms with E-state index in [1.807, 2.05) is 0 Å². The van der Waals surface area contributed by atoms with Crippen LogP contribution in [0, 0.1) is 0 Å². The van der Waals surface area contributed by atoms with Crippen molar-refractivity contribution in [3.63, 3.8) is 0 Å². The summed E-state index contributed by atoms with van der Waals surface area (Å²) >= 11 is 0. The number of H-pyrrole nitrogens is 1. The first-order valence-corrected chi connectivity index (χ1v) is 9.08. The molecular weight excluding hydrogens is 322 g/mol. The van der Waals surface area contributed by atoms with Gasteiger partial charge in [-0.05, 0) is 32.1 Å². The SMILES string of the molecule is O=C(NC1CCCCC1)c1nc[nH]c1C(=O)N[C@@H]1CCCCNC1=O. The summed E-state index contributed by atoms with van der Waals surface area (Å²) in [5, 5.41) is 8.44. The molecule has 1 aromatic heterocycles. The highest BCUT2D eigenvalue weighted by Gasteiger charge is 2.27. The van der Waals surface area contributed by atoms with Crippen molar-refractivity contribution in [2.75, 3.05) is 6.54 Å². The van der Waals surface area contributed by atoms with E-state index in [1.54, 1.807) is 0 Å². The molecule has 136 valence electrons. The summed E-state index contributed by atoms with van der Waals surface area (Å²) in [5.41, 5.74) is 0.183. The molecule has 25 heavy (non-hydrogen) atoms. The first-order valence-electron chi connectivity index (χ1n) is 9.08. The fourth-order valence-electron chi connectivity index (χ4n) is 3.45. The molecular formula is C17H25N5O3. The van der Waals surface area contributed by atoms with Gasteiger partial charge in [0, 0.05) is 12.6 Å². The van der Waals surface area contributed by atoms with Crippen LogP contribution in [0.3, 0.4) is 0 Å². The maximum Gasteiger partial charge on any atom is 0.272 e. The second kappa shape index (κ2) is 8.13. The van der Waals surface area contributed by atoms with Gasteiger partial charge in [-0.1, -0.05) is 19.3 Å². The van der Waals surface area contributed by atoms with Crippen LogP contribution < -0.4 is 16.0 Å². The molecule has 0 aromatic carbocycles. The standard InChI is InChI=1S/C17H25N5O3/c23-15-12(8-4-5-9-18-15)22-17(25)14-13(19-10-20-14)16(24)21-11-6-2-1-3-7-11/h10-12H,1-9H2,(H,18,23)(H,19,20)(H,21,24)(H,22,25)/t12-/m1/s1. The second-order valence-electron chi connectivity index (χ2n) is 6.75. The van der Waals surface area contributed by atoms with Crippen molar-refractivity contribution in [1.82, 2.24) is 25.9 Å². The highest BCUT2D eigenvalue weighted by atomic mass is 16.2. The molecule has 0 radical (unpaired) electrons. The van der Waals surface area contributed by atoms with Crippen LogP contribution in [0.2, 0.25) is 0 Å². The molecule has 1 aliphatic carbocycles. The molecule has 0 spiro atoms. The maximum absolute atomic E-state index is 12.5. The minimum Gasteiger partial charge on any atom is -0.354 e. The van der Waals surface area contributed by atoms with Crippen LogP contribution in [0.4, 0.5) is 0 Å².